The second-order valence-electron chi connectivity index (χ2n) is 6.22. The molecule has 3 amide bonds. The predicted molar refractivity (Wildman–Crippen MR) is 86.7 cm³/mol. The monoisotopic (exact) mass is 330 g/mol. The summed E-state index contributed by atoms with van der Waals surface area (Å²) >= 11 is 6.07. The number of nitrogens with one attached hydrogen (secondary N) is 2. The first kappa shape index (κ1) is 14.3. The van der Waals surface area contributed by atoms with E-state index in [4.69, 9.17) is 11.6 Å². The highest BCUT2D eigenvalue weighted by atomic mass is 35.5. The number of carbonyl (C=O) groups excluding carboxylic acids is 2. The van der Waals surface area contributed by atoms with E-state index in [-0.39, 0.29) is 17.5 Å². The Labute approximate surface area is 137 Å². The second-order valence-corrected chi connectivity index (χ2v) is 6.66. The van der Waals surface area contributed by atoms with Crippen molar-refractivity contribution in [2.75, 3.05) is 19.6 Å². The largest absolute Gasteiger partial charge is 0.336 e. The van der Waals surface area contributed by atoms with Crippen molar-refractivity contribution in [2.45, 2.75) is 12.5 Å². The Hall–Kier alpha value is -2.34. The van der Waals surface area contributed by atoms with Crippen molar-refractivity contribution in [3.63, 3.8) is 0 Å². The fourth-order valence-corrected chi connectivity index (χ4v) is 3.45. The third kappa shape index (κ3) is 2.30. The van der Waals surface area contributed by atoms with Gasteiger partial charge in [0, 0.05) is 35.7 Å². The van der Waals surface area contributed by atoms with E-state index >= 15 is 0 Å². The number of hydrogen-bond acceptors (Lipinski definition) is 3. The number of amides is 3. The highest BCUT2D eigenvalue weighted by Gasteiger charge is 2.49. The van der Waals surface area contributed by atoms with Crippen LogP contribution in [-0.4, -0.2) is 47.0 Å². The van der Waals surface area contributed by atoms with E-state index < -0.39 is 0 Å². The summed E-state index contributed by atoms with van der Waals surface area (Å²) in [6, 6.07) is 6.97. The Balaban J connectivity index is 1.66. The first-order valence-corrected chi connectivity index (χ1v) is 7.76. The zero-order chi connectivity index (χ0) is 16.2. The second kappa shape index (κ2) is 4.83. The maximum absolute atomic E-state index is 12.8. The fourth-order valence-electron chi connectivity index (χ4n) is 3.28. The SMILES string of the molecule is Cc1cc(C(=O)N2CC3(CNC(=O)N3)C2)c2cc(Cl)ccc2n1. The molecule has 7 heteroatoms. The number of nitrogens with zero attached hydrogens (tertiary/aromatic N) is 2. The lowest BCUT2D eigenvalue weighted by Gasteiger charge is -2.46. The molecule has 0 bridgehead atoms. The number of aryl methyl sites for hydroxylation is 1. The van der Waals surface area contributed by atoms with Gasteiger partial charge in [0.2, 0.25) is 0 Å². The minimum Gasteiger partial charge on any atom is -0.336 e. The molecule has 6 nitrogen and oxygen atoms in total. The van der Waals surface area contributed by atoms with Crippen LogP contribution in [-0.2, 0) is 0 Å². The molecule has 2 fully saturated rings. The molecule has 4 rings (SSSR count). The molecule has 2 aliphatic rings. The van der Waals surface area contributed by atoms with Gasteiger partial charge in [-0.3, -0.25) is 9.78 Å². The van der Waals surface area contributed by atoms with Gasteiger partial charge in [0.05, 0.1) is 16.6 Å². The molecule has 2 saturated heterocycles. The zero-order valence-electron chi connectivity index (χ0n) is 12.5. The quantitative estimate of drug-likeness (QED) is 0.836. The minimum atomic E-state index is -0.317. The summed E-state index contributed by atoms with van der Waals surface area (Å²) in [6.45, 7) is 3.43. The third-order valence-corrected chi connectivity index (χ3v) is 4.60. The van der Waals surface area contributed by atoms with Gasteiger partial charge >= 0.3 is 6.03 Å². The molecule has 2 N–H and O–H groups in total. The van der Waals surface area contributed by atoms with Crippen molar-refractivity contribution >= 4 is 34.4 Å². The van der Waals surface area contributed by atoms with Crippen LogP contribution >= 0.6 is 11.6 Å². The van der Waals surface area contributed by atoms with Crippen LogP contribution in [0, 0.1) is 6.92 Å². The van der Waals surface area contributed by atoms with Crippen LogP contribution < -0.4 is 10.6 Å². The van der Waals surface area contributed by atoms with Crippen LogP contribution in [0.25, 0.3) is 10.9 Å². The lowest BCUT2D eigenvalue weighted by molar-refractivity contribution is 0.0399. The lowest BCUT2D eigenvalue weighted by Crippen LogP contribution is -2.70. The number of rotatable bonds is 1. The molecule has 0 aliphatic carbocycles. The molecular formula is C16H15ClN4O2. The molecule has 118 valence electrons. The van der Waals surface area contributed by atoms with Gasteiger partial charge in [-0.25, -0.2) is 4.79 Å². The summed E-state index contributed by atoms with van der Waals surface area (Å²) in [5, 5.41) is 6.95. The topological polar surface area (TPSA) is 74.3 Å². The summed E-state index contributed by atoms with van der Waals surface area (Å²) in [4.78, 5) is 30.3. The first-order chi connectivity index (χ1) is 11.0. The van der Waals surface area contributed by atoms with E-state index in [0.29, 0.717) is 30.2 Å². The molecule has 3 heterocycles. The molecule has 2 aromatic rings. The van der Waals surface area contributed by atoms with E-state index in [1.807, 2.05) is 13.0 Å². The Morgan fingerprint density at radius 1 is 1.35 bits per heavy atom. The van der Waals surface area contributed by atoms with E-state index in [9.17, 15) is 9.59 Å². The summed E-state index contributed by atoms with van der Waals surface area (Å²) < 4.78 is 0. The van der Waals surface area contributed by atoms with Crippen LogP contribution in [0.5, 0.6) is 0 Å². The third-order valence-electron chi connectivity index (χ3n) is 4.37. The van der Waals surface area contributed by atoms with Crippen molar-refractivity contribution in [1.29, 1.82) is 0 Å². The van der Waals surface area contributed by atoms with E-state index in [0.717, 1.165) is 16.6 Å². The van der Waals surface area contributed by atoms with E-state index in [1.54, 1.807) is 23.1 Å². The Morgan fingerprint density at radius 2 is 2.13 bits per heavy atom. The van der Waals surface area contributed by atoms with Gasteiger partial charge in [-0.15, -0.1) is 0 Å². The van der Waals surface area contributed by atoms with Crippen LogP contribution in [0.1, 0.15) is 16.1 Å². The highest BCUT2D eigenvalue weighted by Crippen LogP contribution is 2.28. The van der Waals surface area contributed by atoms with Crippen LogP contribution in [0.2, 0.25) is 5.02 Å². The van der Waals surface area contributed by atoms with Crippen molar-refractivity contribution in [1.82, 2.24) is 20.5 Å². The standard InChI is InChI=1S/C16H15ClN4O2/c1-9-4-12(11-5-10(17)2-3-13(11)19-9)14(22)21-7-16(8-21)6-18-15(23)20-16/h2-5H,6-8H2,1H3,(H2,18,20,23). The van der Waals surface area contributed by atoms with Crippen molar-refractivity contribution in [2.24, 2.45) is 0 Å². The van der Waals surface area contributed by atoms with Gasteiger partial charge in [0.1, 0.15) is 0 Å². The van der Waals surface area contributed by atoms with Crippen molar-refractivity contribution in [3.05, 3.63) is 40.5 Å². The fraction of sp³-hybridized carbons (Fsp3) is 0.312. The summed E-state index contributed by atoms with van der Waals surface area (Å²) in [7, 11) is 0. The van der Waals surface area contributed by atoms with E-state index in [1.165, 1.54) is 0 Å². The Morgan fingerprint density at radius 3 is 2.83 bits per heavy atom. The van der Waals surface area contributed by atoms with Crippen LogP contribution in [0.4, 0.5) is 4.79 Å². The maximum Gasteiger partial charge on any atom is 0.315 e. The molecule has 0 unspecified atom stereocenters. The molecular weight excluding hydrogens is 316 g/mol. The van der Waals surface area contributed by atoms with Gasteiger partial charge in [0.25, 0.3) is 5.91 Å². The molecule has 1 aromatic heterocycles. The molecule has 0 atom stereocenters. The van der Waals surface area contributed by atoms with Crippen LogP contribution in [0.15, 0.2) is 24.3 Å². The van der Waals surface area contributed by atoms with Gasteiger partial charge in [-0.2, -0.15) is 0 Å². The smallest absolute Gasteiger partial charge is 0.315 e. The Kier molecular flexibility index (Phi) is 2.99. The zero-order valence-corrected chi connectivity index (χ0v) is 13.3. The lowest BCUT2D eigenvalue weighted by atomic mass is 9.90. The summed E-state index contributed by atoms with van der Waals surface area (Å²) in [6.07, 6.45) is 0. The number of aromatic nitrogens is 1. The number of carbonyl (C=O) groups is 2. The number of fused-ring (bicyclic) bond motifs is 1. The number of urea groups is 1. The molecule has 0 saturated carbocycles. The minimum absolute atomic E-state index is 0.0606. The first-order valence-electron chi connectivity index (χ1n) is 7.38. The Bertz CT molecular complexity index is 845. The highest BCUT2D eigenvalue weighted by molar-refractivity contribution is 6.31. The summed E-state index contributed by atoms with van der Waals surface area (Å²) in [5.74, 6) is -0.0606. The molecule has 2 aliphatic heterocycles. The summed E-state index contributed by atoms with van der Waals surface area (Å²) in [5.41, 5.74) is 1.82. The average Bonchev–Trinajstić information content (AvgIpc) is 2.87. The van der Waals surface area contributed by atoms with Crippen molar-refractivity contribution < 1.29 is 9.59 Å². The molecule has 1 spiro atoms. The van der Waals surface area contributed by atoms with Gasteiger partial charge in [-0.1, -0.05) is 11.6 Å². The van der Waals surface area contributed by atoms with Gasteiger partial charge < -0.3 is 15.5 Å². The number of likely N-dealkylation sites (tertiary alicyclic amines) is 1. The molecule has 1 aromatic carbocycles. The van der Waals surface area contributed by atoms with Gasteiger partial charge in [0.15, 0.2) is 0 Å². The number of pyridine rings is 1. The normalized spacial score (nSPS) is 18.7. The van der Waals surface area contributed by atoms with Gasteiger partial charge in [-0.05, 0) is 31.2 Å². The predicted octanol–water partition coefficient (Wildman–Crippen LogP) is 1.70. The number of hydrogen-bond donors (Lipinski definition) is 2. The average molecular weight is 331 g/mol. The van der Waals surface area contributed by atoms with Crippen LogP contribution in [0.3, 0.4) is 0 Å². The number of benzene rings is 1. The molecule has 0 radical (unpaired) electrons. The number of halogens is 1. The van der Waals surface area contributed by atoms with Crippen molar-refractivity contribution in [3.8, 4) is 0 Å². The van der Waals surface area contributed by atoms with E-state index in [2.05, 4.69) is 15.6 Å². The maximum atomic E-state index is 12.8. The molecule has 23 heavy (non-hydrogen) atoms.